The molecule has 2 heteroatoms. The van der Waals surface area contributed by atoms with Gasteiger partial charge in [-0.25, -0.2) is 0 Å². The molecule has 0 saturated heterocycles. The molecule has 2 nitrogen and oxygen atoms in total. The van der Waals surface area contributed by atoms with Gasteiger partial charge in [0.25, 0.3) is 0 Å². The maximum absolute atomic E-state index is 6.05. The molecule has 1 aliphatic rings. The Kier molecular flexibility index (Phi) is 2.61. The van der Waals surface area contributed by atoms with Crippen LogP contribution in [0.1, 0.15) is 25.8 Å². The molecular formula is C17H21NO. The highest BCUT2D eigenvalue weighted by atomic mass is 16.5. The molecule has 2 aromatic carbocycles. The number of hydrogen-bond acceptors (Lipinski definition) is 2. The highest BCUT2D eigenvalue weighted by Crippen LogP contribution is 2.63. The van der Waals surface area contributed by atoms with Crippen molar-refractivity contribution < 1.29 is 4.74 Å². The van der Waals surface area contributed by atoms with Crippen molar-refractivity contribution in [3.63, 3.8) is 0 Å². The molecule has 2 N–H and O–H groups in total. The highest BCUT2D eigenvalue weighted by molar-refractivity contribution is 5.85. The minimum atomic E-state index is 0.168. The van der Waals surface area contributed by atoms with Gasteiger partial charge in [-0.05, 0) is 40.3 Å². The zero-order valence-corrected chi connectivity index (χ0v) is 11.9. The Morgan fingerprint density at radius 3 is 2.32 bits per heavy atom. The topological polar surface area (TPSA) is 35.2 Å². The van der Waals surface area contributed by atoms with Gasteiger partial charge in [-0.2, -0.15) is 0 Å². The van der Waals surface area contributed by atoms with Crippen molar-refractivity contribution in [2.45, 2.75) is 25.7 Å². The van der Waals surface area contributed by atoms with Crippen LogP contribution in [-0.4, -0.2) is 13.7 Å². The fourth-order valence-corrected chi connectivity index (χ4v) is 3.32. The first kappa shape index (κ1) is 12.5. The molecule has 0 spiro atoms. The van der Waals surface area contributed by atoms with Crippen LogP contribution in [0, 0.1) is 5.41 Å². The second-order valence-corrected chi connectivity index (χ2v) is 6.27. The molecule has 19 heavy (non-hydrogen) atoms. The Bertz CT molecular complexity index is 632. The van der Waals surface area contributed by atoms with Crippen LogP contribution < -0.4 is 10.5 Å². The van der Waals surface area contributed by atoms with E-state index in [4.69, 9.17) is 10.5 Å². The van der Waals surface area contributed by atoms with Crippen LogP contribution in [-0.2, 0) is 5.41 Å². The average molecular weight is 255 g/mol. The first-order valence-corrected chi connectivity index (χ1v) is 6.81. The lowest BCUT2D eigenvalue weighted by Gasteiger charge is -2.19. The number of methoxy groups -OCH3 is 1. The third-order valence-corrected chi connectivity index (χ3v) is 4.86. The van der Waals surface area contributed by atoms with E-state index in [9.17, 15) is 0 Å². The van der Waals surface area contributed by atoms with Gasteiger partial charge in [0.15, 0.2) is 0 Å². The molecule has 0 heterocycles. The molecule has 1 unspecified atom stereocenters. The quantitative estimate of drug-likeness (QED) is 0.911. The summed E-state index contributed by atoms with van der Waals surface area (Å²) in [6.07, 6.45) is 1.18. The van der Waals surface area contributed by atoms with Crippen molar-refractivity contribution in [1.29, 1.82) is 0 Å². The second kappa shape index (κ2) is 3.97. The first-order chi connectivity index (χ1) is 9.02. The molecule has 2 aromatic rings. The Morgan fingerprint density at radius 1 is 1.11 bits per heavy atom. The van der Waals surface area contributed by atoms with Crippen LogP contribution >= 0.6 is 0 Å². The van der Waals surface area contributed by atoms with Gasteiger partial charge in [-0.3, -0.25) is 0 Å². The fourth-order valence-electron chi connectivity index (χ4n) is 3.32. The number of ether oxygens (including phenoxy) is 1. The van der Waals surface area contributed by atoms with Crippen LogP contribution in [0.2, 0.25) is 0 Å². The van der Waals surface area contributed by atoms with Gasteiger partial charge in [-0.15, -0.1) is 0 Å². The van der Waals surface area contributed by atoms with Crippen molar-refractivity contribution >= 4 is 10.8 Å². The lowest BCUT2D eigenvalue weighted by Crippen LogP contribution is -2.25. The lowest BCUT2D eigenvalue weighted by molar-refractivity contribution is 0.415. The molecule has 1 aliphatic carbocycles. The van der Waals surface area contributed by atoms with E-state index in [1.807, 2.05) is 6.07 Å². The van der Waals surface area contributed by atoms with E-state index in [0.717, 1.165) is 12.3 Å². The van der Waals surface area contributed by atoms with Crippen molar-refractivity contribution in [1.82, 2.24) is 0 Å². The molecule has 0 aromatic heterocycles. The summed E-state index contributed by atoms with van der Waals surface area (Å²) in [5, 5.41) is 2.47. The summed E-state index contributed by atoms with van der Waals surface area (Å²) in [4.78, 5) is 0. The second-order valence-electron chi connectivity index (χ2n) is 6.27. The Morgan fingerprint density at radius 2 is 1.74 bits per heavy atom. The predicted octanol–water partition coefficient (Wildman–Crippen LogP) is 3.47. The van der Waals surface area contributed by atoms with Crippen molar-refractivity contribution in [3.8, 4) is 5.75 Å². The highest BCUT2D eigenvalue weighted by Gasteiger charge is 2.60. The fraction of sp³-hybridized carbons (Fsp3) is 0.412. The molecule has 100 valence electrons. The van der Waals surface area contributed by atoms with Crippen molar-refractivity contribution in [2.75, 3.05) is 13.7 Å². The molecular weight excluding hydrogens is 234 g/mol. The summed E-state index contributed by atoms with van der Waals surface area (Å²) in [5.74, 6) is 0.903. The number of hydrogen-bond donors (Lipinski definition) is 1. The van der Waals surface area contributed by atoms with E-state index in [-0.39, 0.29) is 5.41 Å². The zero-order chi connectivity index (χ0) is 13.7. The summed E-state index contributed by atoms with van der Waals surface area (Å²) in [5.41, 5.74) is 7.91. The lowest BCUT2D eigenvalue weighted by atomic mass is 9.87. The number of rotatable bonds is 3. The average Bonchev–Trinajstić information content (AvgIpc) is 3.01. The van der Waals surface area contributed by atoms with Gasteiger partial charge in [0.05, 0.1) is 7.11 Å². The van der Waals surface area contributed by atoms with E-state index in [1.54, 1.807) is 7.11 Å². The maximum Gasteiger partial charge on any atom is 0.119 e. The van der Waals surface area contributed by atoms with E-state index < -0.39 is 0 Å². The maximum atomic E-state index is 6.05. The summed E-state index contributed by atoms with van der Waals surface area (Å²) in [6, 6.07) is 12.9. The summed E-state index contributed by atoms with van der Waals surface area (Å²) in [7, 11) is 1.70. The predicted molar refractivity (Wildman–Crippen MR) is 79.6 cm³/mol. The number of fused-ring (bicyclic) bond motifs is 1. The first-order valence-electron chi connectivity index (χ1n) is 6.81. The number of nitrogens with two attached hydrogens (primary N) is 1. The molecule has 0 radical (unpaired) electrons. The van der Waals surface area contributed by atoms with E-state index in [0.29, 0.717) is 5.41 Å². The summed E-state index contributed by atoms with van der Waals surface area (Å²) in [6.45, 7) is 5.33. The molecule has 3 rings (SSSR count). The Labute approximate surface area is 114 Å². The van der Waals surface area contributed by atoms with Crippen LogP contribution in [0.4, 0.5) is 0 Å². The van der Waals surface area contributed by atoms with E-state index in [2.05, 4.69) is 44.2 Å². The normalized spacial score (nSPS) is 24.4. The zero-order valence-electron chi connectivity index (χ0n) is 11.9. The number of benzene rings is 2. The minimum Gasteiger partial charge on any atom is -0.497 e. The van der Waals surface area contributed by atoms with Gasteiger partial charge >= 0.3 is 0 Å². The van der Waals surface area contributed by atoms with Crippen LogP contribution in [0.25, 0.3) is 10.8 Å². The van der Waals surface area contributed by atoms with E-state index in [1.165, 1.54) is 22.8 Å². The van der Waals surface area contributed by atoms with Gasteiger partial charge in [0, 0.05) is 12.0 Å². The van der Waals surface area contributed by atoms with Crippen LogP contribution in [0.3, 0.4) is 0 Å². The van der Waals surface area contributed by atoms with Gasteiger partial charge in [0.2, 0.25) is 0 Å². The Hall–Kier alpha value is -1.54. The largest absolute Gasteiger partial charge is 0.497 e. The molecule has 0 amide bonds. The Balaban J connectivity index is 2.08. The van der Waals surface area contributed by atoms with Crippen molar-refractivity contribution in [3.05, 3.63) is 42.0 Å². The smallest absolute Gasteiger partial charge is 0.119 e. The molecule has 0 aliphatic heterocycles. The van der Waals surface area contributed by atoms with E-state index >= 15 is 0 Å². The van der Waals surface area contributed by atoms with Gasteiger partial charge in [0.1, 0.15) is 5.75 Å². The van der Waals surface area contributed by atoms with Gasteiger partial charge in [-0.1, -0.05) is 38.1 Å². The monoisotopic (exact) mass is 255 g/mol. The molecule has 1 fully saturated rings. The molecule has 1 atom stereocenters. The van der Waals surface area contributed by atoms with Crippen LogP contribution in [0.15, 0.2) is 36.4 Å². The minimum absolute atomic E-state index is 0.168. The van der Waals surface area contributed by atoms with Crippen molar-refractivity contribution in [2.24, 2.45) is 11.1 Å². The third kappa shape index (κ3) is 1.74. The van der Waals surface area contributed by atoms with Crippen LogP contribution in [0.5, 0.6) is 5.75 Å². The standard InChI is InChI=1S/C17H21NO/c1-16(2)10-17(16,11-18)14-6-4-13-9-15(19-3)7-5-12(13)8-14/h4-9H,10-11,18H2,1-3H3. The summed E-state index contributed by atoms with van der Waals surface area (Å²) < 4.78 is 5.27. The SMILES string of the molecule is COc1ccc2cc(C3(CN)CC3(C)C)ccc2c1. The molecule has 0 bridgehead atoms. The summed E-state index contributed by atoms with van der Waals surface area (Å²) >= 11 is 0. The van der Waals surface area contributed by atoms with Gasteiger partial charge < -0.3 is 10.5 Å². The third-order valence-electron chi connectivity index (χ3n) is 4.86. The molecule has 1 saturated carbocycles.